The summed E-state index contributed by atoms with van der Waals surface area (Å²) in [6.07, 6.45) is 1.84. The summed E-state index contributed by atoms with van der Waals surface area (Å²) in [7, 11) is 1.68. The Morgan fingerprint density at radius 3 is 3.00 bits per heavy atom. The minimum absolute atomic E-state index is 0.211. The van der Waals surface area contributed by atoms with Gasteiger partial charge in [0.05, 0.1) is 22.3 Å². The first-order valence-electron chi connectivity index (χ1n) is 5.42. The minimum atomic E-state index is 0.211. The number of nitrogens with zero attached hydrogens (tertiary/aromatic N) is 1. The molecule has 2 N–H and O–H groups in total. The van der Waals surface area contributed by atoms with E-state index in [0.717, 1.165) is 33.8 Å². The van der Waals surface area contributed by atoms with Gasteiger partial charge in [-0.3, -0.25) is 0 Å². The Bertz CT molecular complexity index is 481. The Labute approximate surface area is 99.3 Å². The van der Waals surface area contributed by atoms with E-state index in [9.17, 15) is 0 Å². The average Bonchev–Trinajstić information content (AvgIpc) is 2.69. The molecule has 3 nitrogen and oxygen atoms in total. The Hall–Kier alpha value is -1.13. The van der Waals surface area contributed by atoms with E-state index in [1.54, 1.807) is 18.4 Å². The highest BCUT2D eigenvalue weighted by molar-refractivity contribution is 7.18. The standard InChI is InChI=1S/C12H16N2OS/c1-3-8(13)6-12-14-10-5-4-9(15-2)7-11(10)16-12/h4-5,7-8H,3,6,13H2,1-2H3. The van der Waals surface area contributed by atoms with Crippen molar-refractivity contribution in [3.05, 3.63) is 23.2 Å². The highest BCUT2D eigenvalue weighted by atomic mass is 32.1. The fourth-order valence-corrected chi connectivity index (χ4v) is 2.62. The number of hydrogen-bond acceptors (Lipinski definition) is 4. The quantitative estimate of drug-likeness (QED) is 0.887. The lowest BCUT2D eigenvalue weighted by Crippen LogP contribution is -2.21. The fourth-order valence-electron chi connectivity index (χ4n) is 1.54. The van der Waals surface area contributed by atoms with Crippen LogP contribution in [0.1, 0.15) is 18.4 Å². The average molecular weight is 236 g/mol. The predicted octanol–water partition coefficient (Wildman–Crippen LogP) is 2.58. The van der Waals surface area contributed by atoms with E-state index < -0.39 is 0 Å². The number of methoxy groups -OCH3 is 1. The molecule has 0 fully saturated rings. The van der Waals surface area contributed by atoms with Crippen LogP contribution in [0.2, 0.25) is 0 Å². The van der Waals surface area contributed by atoms with Gasteiger partial charge in [-0.2, -0.15) is 0 Å². The van der Waals surface area contributed by atoms with Gasteiger partial charge in [0.25, 0.3) is 0 Å². The Morgan fingerprint density at radius 1 is 1.50 bits per heavy atom. The molecule has 1 aromatic heterocycles. The molecule has 4 heteroatoms. The van der Waals surface area contributed by atoms with Crippen molar-refractivity contribution in [1.82, 2.24) is 4.98 Å². The molecule has 2 rings (SSSR count). The molecule has 0 aliphatic carbocycles. The number of aromatic nitrogens is 1. The molecular formula is C12H16N2OS. The van der Waals surface area contributed by atoms with Gasteiger partial charge in [-0.25, -0.2) is 4.98 Å². The van der Waals surface area contributed by atoms with Crippen molar-refractivity contribution in [2.45, 2.75) is 25.8 Å². The van der Waals surface area contributed by atoms with Crippen LogP contribution in [0.4, 0.5) is 0 Å². The van der Waals surface area contributed by atoms with Crippen molar-refractivity contribution in [3.63, 3.8) is 0 Å². The van der Waals surface area contributed by atoms with Crippen molar-refractivity contribution >= 4 is 21.6 Å². The molecule has 16 heavy (non-hydrogen) atoms. The zero-order chi connectivity index (χ0) is 11.5. The molecule has 86 valence electrons. The summed E-state index contributed by atoms with van der Waals surface area (Å²) in [5.41, 5.74) is 6.96. The first-order valence-corrected chi connectivity index (χ1v) is 6.23. The lowest BCUT2D eigenvalue weighted by Gasteiger charge is -2.03. The van der Waals surface area contributed by atoms with Gasteiger partial charge in [0.15, 0.2) is 0 Å². The van der Waals surface area contributed by atoms with Crippen LogP contribution in [0.25, 0.3) is 10.2 Å². The van der Waals surface area contributed by atoms with Gasteiger partial charge < -0.3 is 10.5 Å². The summed E-state index contributed by atoms with van der Waals surface area (Å²) in [5.74, 6) is 0.877. The van der Waals surface area contributed by atoms with E-state index >= 15 is 0 Å². The van der Waals surface area contributed by atoms with Crippen molar-refractivity contribution in [2.24, 2.45) is 5.73 Å². The number of fused-ring (bicyclic) bond motifs is 1. The molecule has 0 aliphatic heterocycles. The Kier molecular flexibility index (Phi) is 3.41. The molecule has 0 radical (unpaired) electrons. The van der Waals surface area contributed by atoms with Crippen LogP contribution in [0.5, 0.6) is 5.75 Å². The molecule has 1 atom stereocenters. The molecule has 2 aromatic rings. The second kappa shape index (κ2) is 4.80. The number of thiazole rings is 1. The van der Waals surface area contributed by atoms with Gasteiger partial charge in [0.2, 0.25) is 0 Å². The van der Waals surface area contributed by atoms with Crippen molar-refractivity contribution < 1.29 is 4.74 Å². The molecular weight excluding hydrogens is 220 g/mol. The summed E-state index contributed by atoms with van der Waals surface area (Å²) >= 11 is 1.70. The number of ether oxygens (including phenoxy) is 1. The Balaban J connectivity index is 2.29. The van der Waals surface area contributed by atoms with Crippen molar-refractivity contribution in [2.75, 3.05) is 7.11 Å². The first-order chi connectivity index (χ1) is 7.72. The molecule has 0 saturated carbocycles. The SMILES string of the molecule is CCC(N)Cc1nc2ccc(OC)cc2s1. The summed E-state index contributed by atoms with van der Waals surface area (Å²) in [4.78, 5) is 4.56. The first kappa shape index (κ1) is 11.4. The van der Waals surface area contributed by atoms with Crippen LogP contribution >= 0.6 is 11.3 Å². The zero-order valence-corrected chi connectivity index (χ0v) is 10.4. The smallest absolute Gasteiger partial charge is 0.120 e. The van der Waals surface area contributed by atoms with E-state index in [-0.39, 0.29) is 6.04 Å². The monoisotopic (exact) mass is 236 g/mol. The van der Waals surface area contributed by atoms with Gasteiger partial charge in [-0.1, -0.05) is 6.92 Å². The van der Waals surface area contributed by atoms with Crippen LogP contribution < -0.4 is 10.5 Å². The molecule has 0 amide bonds. The molecule has 1 aromatic carbocycles. The van der Waals surface area contributed by atoms with Crippen molar-refractivity contribution in [3.8, 4) is 5.75 Å². The second-order valence-corrected chi connectivity index (χ2v) is 4.93. The van der Waals surface area contributed by atoms with Crippen LogP contribution in [0.15, 0.2) is 18.2 Å². The third kappa shape index (κ3) is 2.33. The number of benzene rings is 1. The van der Waals surface area contributed by atoms with E-state index in [2.05, 4.69) is 11.9 Å². The predicted molar refractivity (Wildman–Crippen MR) is 68.1 cm³/mol. The lowest BCUT2D eigenvalue weighted by atomic mass is 10.2. The van der Waals surface area contributed by atoms with Crippen LogP contribution in [0.3, 0.4) is 0 Å². The summed E-state index contributed by atoms with van der Waals surface area (Å²) in [6, 6.07) is 6.16. The summed E-state index contributed by atoms with van der Waals surface area (Å²) < 4.78 is 6.35. The number of hydrogen-bond donors (Lipinski definition) is 1. The van der Waals surface area contributed by atoms with Gasteiger partial charge in [0.1, 0.15) is 5.75 Å². The zero-order valence-electron chi connectivity index (χ0n) is 9.56. The van der Waals surface area contributed by atoms with Crippen LogP contribution in [-0.4, -0.2) is 18.1 Å². The Morgan fingerprint density at radius 2 is 2.31 bits per heavy atom. The minimum Gasteiger partial charge on any atom is -0.497 e. The van der Waals surface area contributed by atoms with Gasteiger partial charge in [0, 0.05) is 12.5 Å². The van der Waals surface area contributed by atoms with Gasteiger partial charge in [-0.15, -0.1) is 11.3 Å². The van der Waals surface area contributed by atoms with E-state index in [0.29, 0.717) is 0 Å². The van der Waals surface area contributed by atoms with Gasteiger partial charge >= 0.3 is 0 Å². The normalized spacial score (nSPS) is 12.9. The lowest BCUT2D eigenvalue weighted by molar-refractivity contribution is 0.415. The fraction of sp³-hybridized carbons (Fsp3) is 0.417. The molecule has 0 spiro atoms. The molecule has 1 heterocycles. The maximum Gasteiger partial charge on any atom is 0.120 e. The third-order valence-corrected chi connectivity index (χ3v) is 3.64. The topological polar surface area (TPSA) is 48.1 Å². The third-order valence-electron chi connectivity index (χ3n) is 2.60. The van der Waals surface area contributed by atoms with E-state index in [4.69, 9.17) is 10.5 Å². The van der Waals surface area contributed by atoms with E-state index in [1.165, 1.54) is 0 Å². The van der Waals surface area contributed by atoms with Gasteiger partial charge in [-0.05, 0) is 24.6 Å². The molecule has 0 saturated heterocycles. The molecule has 1 unspecified atom stereocenters. The van der Waals surface area contributed by atoms with E-state index in [1.807, 2.05) is 18.2 Å². The highest BCUT2D eigenvalue weighted by Crippen LogP contribution is 2.26. The summed E-state index contributed by atoms with van der Waals surface area (Å²) in [6.45, 7) is 2.10. The number of rotatable bonds is 4. The van der Waals surface area contributed by atoms with Crippen LogP contribution in [0, 0.1) is 0 Å². The summed E-state index contributed by atoms with van der Waals surface area (Å²) in [5, 5.41) is 1.11. The maximum atomic E-state index is 5.92. The largest absolute Gasteiger partial charge is 0.497 e. The highest BCUT2D eigenvalue weighted by Gasteiger charge is 2.08. The number of nitrogens with two attached hydrogens (primary N) is 1. The molecule has 0 bridgehead atoms. The second-order valence-electron chi connectivity index (χ2n) is 3.81. The maximum absolute atomic E-state index is 5.92. The van der Waals surface area contributed by atoms with Crippen molar-refractivity contribution in [1.29, 1.82) is 0 Å². The molecule has 0 aliphatic rings. The van der Waals surface area contributed by atoms with Crippen LogP contribution in [-0.2, 0) is 6.42 Å².